The second kappa shape index (κ2) is 6.78. The molecule has 0 atom stereocenters. The number of halogens is 1. The van der Waals surface area contributed by atoms with E-state index in [2.05, 4.69) is 20.5 Å². The molecule has 0 radical (unpaired) electrons. The number of hydrogen-bond donors (Lipinski definition) is 2. The molecule has 0 aliphatic carbocycles. The largest absolute Gasteiger partial charge is 0.354 e. The Morgan fingerprint density at radius 3 is 2.56 bits per heavy atom. The van der Waals surface area contributed by atoms with Gasteiger partial charge in [0.1, 0.15) is 5.69 Å². The third-order valence-electron chi connectivity index (χ3n) is 3.77. The Balaban J connectivity index is 1.85. The van der Waals surface area contributed by atoms with E-state index in [9.17, 15) is 9.59 Å². The van der Waals surface area contributed by atoms with Gasteiger partial charge in [0, 0.05) is 16.8 Å². The highest BCUT2D eigenvalue weighted by Crippen LogP contribution is 2.31. The Kier molecular flexibility index (Phi) is 4.69. The lowest BCUT2D eigenvalue weighted by Gasteiger charge is -2.01. The van der Waals surface area contributed by atoms with Gasteiger partial charge >= 0.3 is 0 Å². The number of hydrogen-bond acceptors (Lipinski definition) is 5. The van der Waals surface area contributed by atoms with Crippen LogP contribution in [0.4, 0.5) is 5.13 Å². The SMILES string of the molecule is CC(=O)c1c(C)[nH]c(C(=O)Nc2nnc(-c3ccccc3Cl)s2)c1C. The molecule has 0 saturated heterocycles. The van der Waals surface area contributed by atoms with Gasteiger partial charge in [-0.2, -0.15) is 0 Å². The van der Waals surface area contributed by atoms with Crippen molar-refractivity contribution in [2.45, 2.75) is 20.8 Å². The highest BCUT2D eigenvalue weighted by atomic mass is 35.5. The molecule has 6 nitrogen and oxygen atoms in total. The fraction of sp³-hybridized carbons (Fsp3) is 0.176. The van der Waals surface area contributed by atoms with Gasteiger partial charge in [-0.1, -0.05) is 41.1 Å². The fourth-order valence-corrected chi connectivity index (χ4v) is 3.74. The predicted octanol–water partition coefficient (Wildman–Crippen LogP) is 4.26. The minimum Gasteiger partial charge on any atom is -0.354 e. The summed E-state index contributed by atoms with van der Waals surface area (Å²) in [6.07, 6.45) is 0. The number of aromatic amines is 1. The maximum atomic E-state index is 12.5. The number of carbonyl (C=O) groups is 2. The molecule has 1 aromatic carbocycles. The number of aromatic nitrogens is 3. The molecule has 2 heterocycles. The first kappa shape index (κ1) is 17.3. The standard InChI is InChI=1S/C17H15ClN4O2S/c1-8-13(10(3)23)9(2)19-14(8)15(24)20-17-22-21-16(25-17)11-6-4-5-7-12(11)18/h4-7,19H,1-3H3,(H,20,22,24). The van der Waals surface area contributed by atoms with Crippen molar-refractivity contribution in [3.63, 3.8) is 0 Å². The minimum atomic E-state index is -0.366. The van der Waals surface area contributed by atoms with Crippen molar-refractivity contribution < 1.29 is 9.59 Å². The number of nitrogens with zero attached hydrogens (tertiary/aromatic N) is 2. The van der Waals surface area contributed by atoms with Crippen LogP contribution in [0.15, 0.2) is 24.3 Å². The number of ketones is 1. The van der Waals surface area contributed by atoms with Gasteiger partial charge in [0.2, 0.25) is 5.13 Å². The number of Topliss-reactive ketones (excluding diaryl/α,β-unsaturated/α-hetero) is 1. The van der Waals surface area contributed by atoms with Crippen LogP contribution in [0.25, 0.3) is 10.6 Å². The van der Waals surface area contributed by atoms with E-state index in [-0.39, 0.29) is 11.7 Å². The highest BCUT2D eigenvalue weighted by molar-refractivity contribution is 7.18. The van der Waals surface area contributed by atoms with Crippen molar-refractivity contribution in [3.05, 3.63) is 51.8 Å². The van der Waals surface area contributed by atoms with Crippen LogP contribution < -0.4 is 5.32 Å². The van der Waals surface area contributed by atoms with Crippen LogP contribution >= 0.6 is 22.9 Å². The lowest BCUT2D eigenvalue weighted by Crippen LogP contribution is -2.13. The van der Waals surface area contributed by atoms with Crippen molar-refractivity contribution >= 4 is 39.8 Å². The number of H-pyrrole nitrogens is 1. The molecule has 0 unspecified atom stereocenters. The molecule has 8 heteroatoms. The van der Waals surface area contributed by atoms with Crippen molar-refractivity contribution in [3.8, 4) is 10.6 Å². The monoisotopic (exact) mass is 374 g/mol. The summed E-state index contributed by atoms with van der Waals surface area (Å²) in [5, 5.41) is 12.3. The average molecular weight is 375 g/mol. The Morgan fingerprint density at radius 2 is 1.92 bits per heavy atom. The number of carbonyl (C=O) groups excluding carboxylic acids is 2. The quantitative estimate of drug-likeness (QED) is 0.668. The maximum absolute atomic E-state index is 12.5. The molecular formula is C17H15ClN4O2S. The Morgan fingerprint density at radius 1 is 1.20 bits per heavy atom. The van der Waals surface area contributed by atoms with E-state index in [4.69, 9.17) is 11.6 Å². The summed E-state index contributed by atoms with van der Waals surface area (Å²) in [7, 11) is 0. The van der Waals surface area contributed by atoms with Gasteiger partial charge in [-0.15, -0.1) is 10.2 Å². The molecular weight excluding hydrogens is 360 g/mol. The summed E-state index contributed by atoms with van der Waals surface area (Å²) in [6, 6.07) is 7.30. The number of nitrogens with one attached hydrogen (secondary N) is 2. The van der Waals surface area contributed by atoms with Gasteiger partial charge in [-0.05, 0) is 32.4 Å². The van der Waals surface area contributed by atoms with E-state index < -0.39 is 0 Å². The average Bonchev–Trinajstić information content (AvgIpc) is 3.12. The van der Waals surface area contributed by atoms with Crippen LogP contribution in [0.1, 0.15) is 39.0 Å². The Bertz CT molecular complexity index is 977. The van der Waals surface area contributed by atoms with E-state index in [1.165, 1.54) is 18.3 Å². The Hall–Kier alpha value is -2.51. The van der Waals surface area contributed by atoms with Crippen LogP contribution in [-0.2, 0) is 0 Å². The van der Waals surface area contributed by atoms with Crippen LogP contribution in [0.2, 0.25) is 5.02 Å². The molecule has 3 aromatic rings. The molecule has 0 bridgehead atoms. The van der Waals surface area contributed by atoms with Gasteiger partial charge in [0.05, 0.1) is 5.02 Å². The fourth-order valence-electron chi connectivity index (χ4n) is 2.68. The smallest absolute Gasteiger partial charge is 0.274 e. The second-order valence-electron chi connectivity index (χ2n) is 5.53. The van der Waals surface area contributed by atoms with Gasteiger partial charge in [0.25, 0.3) is 5.91 Å². The summed E-state index contributed by atoms with van der Waals surface area (Å²) >= 11 is 7.38. The second-order valence-corrected chi connectivity index (χ2v) is 6.91. The van der Waals surface area contributed by atoms with Gasteiger partial charge in [-0.3, -0.25) is 14.9 Å². The Labute approximate surface area is 153 Å². The predicted molar refractivity (Wildman–Crippen MR) is 98.6 cm³/mol. The summed E-state index contributed by atoms with van der Waals surface area (Å²) in [5.74, 6) is -0.447. The van der Waals surface area contributed by atoms with Crippen molar-refractivity contribution in [2.24, 2.45) is 0 Å². The summed E-state index contributed by atoms with van der Waals surface area (Å²) in [6.45, 7) is 4.98. The molecule has 128 valence electrons. The normalized spacial score (nSPS) is 10.7. The maximum Gasteiger partial charge on any atom is 0.274 e. The highest BCUT2D eigenvalue weighted by Gasteiger charge is 2.21. The molecule has 2 aromatic heterocycles. The van der Waals surface area contributed by atoms with Gasteiger partial charge < -0.3 is 4.98 Å². The first-order valence-corrected chi connectivity index (χ1v) is 8.67. The summed E-state index contributed by atoms with van der Waals surface area (Å²) in [4.78, 5) is 27.1. The van der Waals surface area contributed by atoms with E-state index in [1.54, 1.807) is 19.9 Å². The zero-order chi connectivity index (χ0) is 18.1. The van der Waals surface area contributed by atoms with Crippen molar-refractivity contribution in [2.75, 3.05) is 5.32 Å². The zero-order valence-corrected chi connectivity index (χ0v) is 15.4. The first-order valence-electron chi connectivity index (χ1n) is 7.48. The van der Waals surface area contributed by atoms with Crippen LogP contribution in [0.3, 0.4) is 0 Å². The van der Waals surface area contributed by atoms with Crippen LogP contribution in [0.5, 0.6) is 0 Å². The van der Waals surface area contributed by atoms with Crippen LogP contribution in [-0.4, -0.2) is 26.9 Å². The van der Waals surface area contributed by atoms with Crippen molar-refractivity contribution in [1.29, 1.82) is 0 Å². The molecule has 2 N–H and O–H groups in total. The van der Waals surface area contributed by atoms with E-state index in [0.29, 0.717) is 37.7 Å². The molecule has 0 fully saturated rings. The molecule has 0 saturated carbocycles. The van der Waals surface area contributed by atoms with E-state index in [0.717, 1.165) is 5.56 Å². The molecule has 0 spiro atoms. The van der Waals surface area contributed by atoms with Crippen molar-refractivity contribution in [1.82, 2.24) is 15.2 Å². The lowest BCUT2D eigenvalue weighted by atomic mass is 10.1. The third kappa shape index (κ3) is 3.33. The number of amides is 1. The van der Waals surface area contributed by atoms with Gasteiger partial charge in [0.15, 0.2) is 10.8 Å². The number of anilines is 1. The number of benzene rings is 1. The molecule has 0 aliphatic heterocycles. The lowest BCUT2D eigenvalue weighted by molar-refractivity contribution is 0.101. The first-order chi connectivity index (χ1) is 11.9. The molecule has 25 heavy (non-hydrogen) atoms. The minimum absolute atomic E-state index is 0.0813. The van der Waals surface area contributed by atoms with Crippen LogP contribution in [0, 0.1) is 13.8 Å². The molecule has 3 rings (SSSR count). The number of aryl methyl sites for hydroxylation is 1. The van der Waals surface area contributed by atoms with E-state index in [1.807, 2.05) is 18.2 Å². The summed E-state index contributed by atoms with van der Waals surface area (Å²) < 4.78 is 0. The van der Waals surface area contributed by atoms with Gasteiger partial charge in [-0.25, -0.2) is 0 Å². The third-order valence-corrected chi connectivity index (χ3v) is 4.97. The zero-order valence-electron chi connectivity index (χ0n) is 13.8. The number of rotatable bonds is 4. The molecule has 1 amide bonds. The summed E-state index contributed by atoms with van der Waals surface area (Å²) in [5.41, 5.74) is 2.94. The van der Waals surface area contributed by atoms with E-state index >= 15 is 0 Å². The topological polar surface area (TPSA) is 87.7 Å². The molecule has 0 aliphatic rings.